The molecule has 16 heavy (non-hydrogen) atoms. The molecule has 2 rings (SSSR count). The maximum Gasteiger partial charge on any atom is -0.109 e. The minimum atomic E-state index is 0.210. The van der Waals surface area contributed by atoms with Crippen molar-refractivity contribution in [3.63, 3.8) is 0 Å². The van der Waals surface area contributed by atoms with Crippen LogP contribution in [0, 0.1) is 12.2 Å². The maximum absolute atomic E-state index is 3.19. The normalized spacial score (nSPS) is 15.6. The fourth-order valence-corrected chi connectivity index (χ4v) is 0.990. The van der Waals surface area contributed by atoms with Crippen molar-refractivity contribution in [3.8, 4) is 0 Å². The average molecular weight is 308 g/mol. The summed E-state index contributed by atoms with van der Waals surface area (Å²) >= 11 is 1.74. The van der Waals surface area contributed by atoms with E-state index in [2.05, 4.69) is 51.2 Å². The van der Waals surface area contributed by atoms with Gasteiger partial charge in [-0.15, -0.1) is 19.8 Å². The predicted molar refractivity (Wildman–Crippen MR) is 69.9 cm³/mol. The van der Waals surface area contributed by atoms with Crippen molar-refractivity contribution in [2.45, 2.75) is 39.8 Å². The maximum atomic E-state index is 3.19. The van der Waals surface area contributed by atoms with Crippen LogP contribution in [0.4, 0.5) is 0 Å². The standard InChI is InChI=1S/C7H9.C5H5.C2H6Si.Zr/c1-6-4-3-5-7(6)2;1-2-4-5-3-1;1-3-2;/h4H,3H2,1-2H3;1-3H,4H2;1-2H3;/q2*-1;;+2. The molecule has 0 aliphatic heterocycles. The molecule has 0 saturated carbocycles. The van der Waals surface area contributed by atoms with Crippen LogP contribution < -0.4 is 0 Å². The number of rotatable bonds is 0. The average Bonchev–Trinajstić information content (AvgIpc) is 2.81. The molecule has 0 saturated heterocycles. The van der Waals surface area contributed by atoms with Crippen molar-refractivity contribution in [1.29, 1.82) is 0 Å². The molecule has 0 radical (unpaired) electrons. The number of allylic oxidation sites excluding steroid dienone is 8. The van der Waals surface area contributed by atoms with Crippen molar-refractivity contribution in [3.05, 3.63) is 47.6 Å². The first kappa shape index (κ1) is 16.1. The second-order valence-corrected chi connectivity index (χ2v) is 13.3. The summed E-state index contributed by atoms with van der Waals surface area (Å²) < 4.78 is 0. The molecule has 2 aliphatic rings. The molecule has 84 valence electrons. The van der Waals surface area contributed by atoms with E-state index in [1.165, 1.54) is 11.1 Å². The first-order chi connectivity index (χ1) is 7.54. The summed E-state index contributed by atoms with van der Waals surface area (Å²) in [5.74, 6) is 0. The van der Waals surface area contributed by atoms with Gasteiger partial charge in [0, 0.05) is 0 Å². The summed E-state index contributed by atoms with van der Waals surface area (Å²) in [6.07, 6.45) is 16.4. The molecular formula is C14H20SiZr. The SMILES string of the molecule is CC1=[C-]CC=C1C.C[Si](C)=[Zr+2].[C-]1=CC=CC1. The van der Waals surface area contributed by atoms with E-state index < -0.39 is 0 Å². The van der Waals surface area contributed by atoms with Crippen molar-refractivity contribution in [2.75, 3.05) is 0 Å². The Morgan fingerprint density at radius 3 is 2.00 bits per heavy atom. The zero-order chi connectivity index (χ0) is 12.4. The van der Waals surface area contributed by atoms with E-state index in [-0.39, 0.29) is 5.43 Å². The van der Waals surface area contributed by atoms with Crippen LogP contribution in [0.3, 0.4) is 0 Å². The quantitative estimate of drug-likeness (QED) is 0.465. The topological polar surface area (TPSA) is 0 Å². The van der Waals surface area contributed by atoms with E-state index >= 15 is 0 Å². The third-order valence-electron chi connectivity index (χ3n) is 1.95. The summed E-state index contributed by atoms with van der Waals surface area (Å²) in [6, 6.07) is 0. The zero-order valence-corrected chi connectivity index (χ0v) is 14.2. The molecule has 0 aromatic carbocycles. The predicted octanol–water partition coefficient (Wildman–Crippen LogP) is 4.18. The van der Waals surface area contributed by atoms with E-state index in [9.17, 15) is 0 Å². The van der Waals surface area contributed by atoms with Gasteiger partial charge in [0.2, 0.25) is 0 Å². The number of hydrogen-bond acceptors (Lipinski definition) is 0. The molecule has 0 aromatic rings. The molecule has 0 amide bonds. The second kappa shape index (κ2) is 10.2. The fraction of sp³-hybridized carbons (Fsp3) is 0.429. The van der Waals surface area contributed by atoms with Gasteiger partial charge >= 0.3 is 41.9 Å². The van der Waals surface area contributed by atoms with Gasteiger partial charge in [-0.1, -0.05) is 6.92 Å². The fourth-order valence-electron chi connectivity index (χ4n) is 0.990. The van der Waals surface area contributed by atoms with Crippen LogP contribution in [0.5, 0.6) is 0 Å². The van der Waals surface area contributed by atoms with Gasteiger partial charge < -0.3 is 0 Å². The van der Waals surface area contributed by atoms with Gasteiger partial charge in [-0.3, -0.25) is 12.2 Å². The molecule has 0 bridgehead atoms. The summed E-state index contributed by atoms with van der Waals surface area (Å²) in [5.41, 5.74) is 2.92. The first-order valence-electron chi connectivity index (χ1n) is 5.52. The molecule has 0 spiro atoms. The van der Waals surface area contributed by atoms with Gasteiger partial charge in [0.25, 0.3) is 0 Å². The van der Waals surface area contributed by atoms with Gasteiger partial charge in [-0.2, -0.15) is 12.2 Å². The monoisotopic (exact) mass is 306 g/mol. The minimum Gasteiger partial charge on any atom is -0.273 e. The molecule has 0 aromatic heterocycles. The molecular weight excluding hydrogens is 287 g/mol. The molecule has 0 heterocycles. The number of hydrogen-bond donors (Lipinski definition) is 0. The van der Waals surface area contributed by atoms with Crippen molar-refractivity contribution in [2.24, 2.45) is 0 Å². The molecule has 0 unspecified atom stereocenters. The Kier molecular flexibility index (Phi) is 10.3. The Labute approximate surface area is 116 Å². The Balaban J connectivity index is 0.000000222. The zero-order valence-electron chi connectivity index (χ0n) is 10.7. The van der Waals surface area contributed by atoms with Crippen molar-refractivity contribution < 1.29 is 23.3 Å². The summed E-state index contributed by atoms with van der Waals surface area (Å²) in [5, 5.41) is 0. The Bertz CT molecular complexity index is 303. The summed E-state index contributed by atoms with van der Waals surface area (Å²) in [6.45, 7) is 8.83. The molecule has 2 heteroatoms. The van der Waals surface area contributed by atoms with Gasteiger partial charge in [0.1, 0.15) is 0 Å². The Morgan fingerprint density at radius 2 is 1.88 bits per heavy atom. The van der Waals surface area contributed by atoms with Gasteiger partial charge in [-0.25, -0.2) is 23.3 Å². The largest absolute Gasteiger partial charge is 0.273 e. The van der Waals surface area contributed by atoms with E-state index in [1.807, 2.05) is 12.2 Å². The smallest absolute Gasteiger partial charge is 0.109 e. The molecule has 2 aliphatic carbocycles. The third kappa shape index (κ3) is 10.6. The minimum absolute atomic E-state index is 0.210. The van der Waals surface area contributed by atoms with Crippen molar-refractivity contribution in [1.82, 2.24) is 0 Å². The third-order valence-corrected chi connectivity index (χ3v) is 1.95. The molecule has 0 N–H and O–H groups in total. The molecule has 0 fully saturated rings. The van der Waals surface area contributed by atoms with Crippen LogP contribution in [-0.4, -0.2) is 5.43 Å². The first-order valence-corrected chi connectivity index (χ1v) is 11.7. The second-order valence-electron chi connectivity index (χ2n) is 3.90. The van der Waals surface area contributed by atoms with Crippen molar-refractivity contribution >= 4 is 5.43 Å². The van der Waals surface area contributed by atoms with Gasteiger partial charge in [0.15, 0.2) is 0 Å². The van der Waals surface area contributed by atoms with E-state index in [0.29, 0.717) is 0 Å². The summed E-state index contributed by atoms with van der Waals surface area (Å²) in [4.78, 5) is 0. The van der Waals surface area contributed by atoms with Gasteiger partial charge in [-0.05, 0) is 0 Å². The van der Waals surface area contributed by atoms with Crippen LogP contribution in [0.25, 0.3) is 0 Å². The van der Waals surface area contributed by atoms with Crippen LogP contribution in [-0.2, 0) is 23.3 Å². The van der Waals surface area contributed by atoms with Crippen LogP contribution in [0.2, 0.25) is 13.1 Å². The molecule has 0 nitrogen and oxygen atoms in total. The van der Waals surface area contributed by atoms with Crippen LogP contribution >= 0.6 is 0 Å². The van der Waals surface area contributed by atoms with E-state index in [4.69, 9.17) is 0 Å². The Morgan fingerprint density at radius 1 is 1.25 bits per heavy atom. The summed E-state index contributed by atoms with van der Waals surface area (Å²) in [7, 11) is 0. The van der Waals surface area contributed by atoms with E-state index in [1.54, 1.807) is 23.3 Å². The van der Waals surface area contributed by atoms with Gasteiger partial charge in [0.05, 0.1) is 0 Å². The molecule has 0 atom stereocenters. The Hall–Kier alpha value is 0.0600. The van der Waals surface area contributed by atoms with Crippen LogP contribution in [0.15, 0.2) is 35.5 Å². The van der Waals surface area contributed by atoms with Crippen LogP contribution in [0.1, 0.15) is 26.7 Å². The van der Waals surface area contributed by atoms with E-state index in [0.717, 1.165) is 12.8 Å².